The van der Waals surface area contributed by atoms with Crippen molar-refractivity contribution in [3.05, 3.63) is 71.3 Å². The standard InChI is InChI=1S/C40H57N7O9/c1-25(42-38(53)31(23-26-13-7-6-8-14-26)44-36(51)28-18-20-29(21-19-28)40(55)56-5)35(50)46-33(27-15-9-10-16-27)39(54)43-30(17-11-12-22-47(2,3)4)37(52)45-32(24-48)34(41)49/h6-8,13-14,18-21,25,27,30-33,48H,9-12,15-17,22-24H2,1-5H3,(H6-,41,42,43,44,45,46,49,50,51,52,53,54)/p+1/t25-,30-,31-,32+,33?/m0/s1. The summed E-state index contributed by atoms with van der Waals surface area (Å²) in [4.78, 5) is 91.5. The first kappa shape index (κ1) is 45.0. The van der Waals surface area contributed by atoms with Gasteiger partial charge < -0.3 is 46.6 Å². The molecule has 56 heavy (non-hydrogen) atoms. The molecule has 0 bridgehead atoms. The van der Waals surface area contributed by atoms with Crippen LogP contribution in [0.1, 0.15) is 78.1 Å². The van der Waals surface area contributed by atoms with Gasteiger partial charge in [-0.2, -0.15) is 0 Å². The first-order valence-corrected chi connectivity index (χ1v) is 19.0. The van der Waals surface area contributed by atoms with E-state index < -0.39 is 78.2 Å². The molecule has 16 nitrogen and oxygen atoms in total. The summed E-state index contributed by atoms with van der Waals surface area (Å²) in [5.41, 5.74) is 6.52. The van der Waals surface area contributed by atoms with E-state index in [1.807, 2.05) is 27.2 Å². The molecular weight excluding hydrogens is 722 g/mol. The molecule has 306 valence electrons. The number of nitrogens with zero attached hydrogens (tertiary/aromatic N) is 1. The molecule has 1 aliphatic carbocycles. The van der Waals surface area contributed by atoms with E-state index in [-0.39, 0.29) is 29.9 Å². The number of carbonyl (C=O) groups is 7. The summed E-state index contributed by atoms with van der Waals surface area (Å²) in [6.07, 6.45) is 4.64. The van der Waals surface area contributed by atoms with E-state index >= 15 is 0 Å². The number of aliphatic hydroxyl groups is 1. The van der Waals surface area contributed by atoms with Crippen LogP contribution in [0.25, 0.3) is 0 Å². The van der Waals surface area contributed by atoms with E-state index in [0.29, 0.717) is 23.7 Å². The van der Waals surface area contributed by atoms with Crippen LogP contribution in [0.5, 0.6) is 0 Å². The lowest BCUT2D eigenvalue weighted by Crippen LogP contribution is -2.60. The van der Waals surface area contributed by atoms with Gasteiger partial charge in [-0.3, -0.25) is 28.8 Å². The molecule has 2 aromatic rings. The van der Waals surface area contributed by atoms with Gasteiger partial charge in [0, 0.05) is 12.0 Å². The van der Waals surface area contributed by atoms with Crippen LogP contribution in [0.2, 0.25) is 0 Å². The van der Waals surface area contributed by atoms with Crippen molar-refractivity contribution in [3.63, 3.8) is 0 Å². The number of aliphatic hydroxyl groups excluding tert-OH is 1. The highest BCUT2D eigenvalue weighted by Crippen LogP contribution is 2.28. The summed E-state index contributed by atoms with van der Waals surface area (Å²) < 4.78 is 5.41. The van der Waals surface area contributed by atoms with Crippen molar-refractivity contribution < 1.29 is 47.9 Å². The van der Waals surface area contributed by atoms with Crippen LogP contribution in [0.3, 0.4) is 0 Å². The lowest BCUT2D eigenvalue weighted by atomic mass is 9.96. The minimum Gasteiger partial charge on any atom is -0.465 e. The summed E-state index contributed by atoms with van der Waals surface area (Å²) in [5.74, 6) is -4.89. The van der Waals surface area contributed by atoms with Gasteiger partial charge in [0.2, 0.25) is 29.5 Å². The topological polar surface area (TPSA) is 235 Å². The number of quaternary nitrogens is 1. The van der Waals surface area contributed by atoms with Gasteiger partial charge in [-0.25, -0.2) is 4.79 Å². The number of carbonyl (C=O) groups excluding carboxylic acids is 7. The number of hydrogen-bond donors (Lipinski definition) is 7. The Morgan fingerprint density at radius 2 is 1.34 bits per heavy atom. The zero-order valence-electron chi connectivity index (χ0n) is 33.0. The average Bonchev–Trinajstić information content (AvgIpc) is 3.71. The van der Waals surface area contributed by atoms with Gasteiger partial charge in [0.25, 0.3) is 5.91 Å². The number of rotatable bonds is 21. The summed E-state index contributed by atoms with van der Waals surface area (Å²) in [7, 11) is 7.36. The highest BCUT2D eigenvalue weighted by atomic mass is 16.5. The quantitative estimate of drug-likeness (QED) is 0.0524. The second-order valence-corrected chi connectivity index (χ2v) is 15.3. The second kappa shape index (κ2) is 21.7. The molecule has 0 spiro atoms. The number of methoxy groups -OCH3 is 1. The number of ether oxygens (including phenoxy) is 1. The molecule has 1 unspecified atom stereocenters. The van der Waals surface area contributed by atoms with E-state index in [2.05, 4.69) is 26.6 Å². The van der Waals surface area contributed by atoms with Gasteiger partial charge in [0.15, 0.2) is 0 Å². The van der Waals surface area contributed by atoms with Gasteiger partial charge >= 0.3 is 5.97 Å². The fraction of sp³-hybridized carbons (Fsp3) is 0.525. The number of nitrogens with two attached hydrogens (primary N) is 1. The van der Waals surface area contributed by atoms with Crippen LogP contribution in [-0.4, -0.2) is 123 Å². The number of hydrogen-bond acceptors (Lipinski definition) is 9. The van der Waals surface area contributed by atoms with Crippen molar-refractivity contribution in [2.45, 2.75) is 88.5 Å². The molecular formula is C40H58N7O9+. The van der Waals surface area contributed by atoms with E-state index in [1.54, 1.807) is 24.3 Å². The minimum absolute atomic E-state index is 0.102. The maximum absolute atomic E-state index is 13.9. The molecule has 1 saturated carbocycles. The fourth-order valence-corrected chi connectivity index (χ4v) is 6.47. The van der Waals surface area contributed by atoms with Crippen LogP contribution in [0.15, 0.2) is 54.6 Å². The van der Waals surface area contributed by atoms with E-state index in [0.717, 1.165) is 31.4 Å². The van der Waals surface area contributed by atoms with Crippen LogP contribution in [0, 0.1) is 5.92 Å². The lowest BCUT2D eigenvalue weighted by Gasteiger charge is -2.29. The Bertz CT molecular complexity index is 1660. The van der Waals surface area contributed by atoms with Gasteiger partial charge in [-0.15, -0.1) is 0 Å². The monoisotopic (exact) mass is 780 g/mol. The molecule has 3 rings (SSSR count). The zero-order chi connectivity index (χ0) is 41.4. The van der Waals surface area contributed by atoms with E-state index in [4.69, 9.17) is 10.5 Å². The average molecular weight is 781 g/mol. The number of unbranched alkanes of at least 4 members (excludes halogenated alkanes) is 1. The van der Waals surface area contributed by atoms with Crippen LogP contribution < -0.4 is 32.3 Å². The summed E-state index contributed by atoms with van der Waals surface area (Å²) in [6, 6.07) is 9.05. The van der Waals surface area contributed by atoms with Crippen molar-refractivity contribution in [1.82, 2.24) is 26.6 Å². The normalized spacial score (nSPS) is 15.6. The first-order chi connectivity index (χ1) is 26.5. The predicted octanol–water partition coefficient (Wildman–Crippen LogP) is 0.318. The van der Waals surface area contributed by atoms with Gasteiger partial charge in [-0.05, 0) is 74.8 Å². The number of amides is 6. The lowest BCUT2D eigenvalue weighted by molar-refractivity contribution is -0.870. The summed E-state index contributed by atoms with van der Waals surface area (Å²) >= 11 is 0. The Morgan fingerprint density at radius 3 is 1.91 bits per heavy atom. The molecule has 2 aromatic carbocycles. The van der Waals surface area contributed by atoms with E-state index in [1.165, 1.54) is 38.3 Å². The van der Waals surface area contributed by atoms with Crippen molar-refractivity contribution >= 4 is 41.4 Å². The zero-order valence-corrected chi connectivity index (χ0v) is 33.0. The SMILES string of the molecule is COC(=O)c1ccc(C(=O)N[C@@H](Cc2ccccc2)C(=O)N[C@@H](C)C(=O)NC(C(=O)N[C@@H](CCCC[N+](C)(C)C)C(=O)N[C@H](CO)C(N)=O)C2CCCC2)cc1. The highest BCUT2D eigenvalue weighted by Gasteiger charge is 2.36. The summed E-state index contributed by atoms with van der Waals surface area (Å²) in [5, 5.41) is 23.0. The van der Waals surface area contributed by atoms with E-state index in [9.17, 15) is 38.7 Å². The van der Waals surface area contributed by atoms with Crippen LogP contribution in [-0.2, 0) is 35.1 Å². The smallest absolute Gasteiger partial charge is 0.337 e. The maximum atomic E-state index is 13.9. The molecule has 0 saturated heterocycles. The highest BCUT2D eigenvalue weighted by molar-refractivity contribution is 6.00. The third-order valence-electron chi connectivity index (χ3n) is 9.72. The fourth-order valence-electron chi connectivity index (χ4n) is 6.47. The maximum Gasteiger partial charge on any atom is 0.337 e. The summed E-state index contributed by atoms with van der Waals surface area (Å²) in [6.45, 7) is 1.56. The van der Waals surface area contributed by atoms with Crippen LogP contribution >= 0.6 is 0 Å². The second-order valence-electron chi connectivity index (χ2n) is 15.3. The number of primary amides is 1. The Kier molecular flexibility index (Phi) is 17.4. The van der Waals surface area contributed by atoms with Gasteiger partial charge in [0.05, 0.1) is 47.0 Å². The third-order valence-corrected chi connectivity index (χ3v) is 9.72. The molecule has 1 fully saturated rings. The number of nitrogens with one attached hydrogen (secondary N) is 5. The molecule has 1 aliphatic rings. The molecule has 0 aromatic heterocycles. The van der Waals surface area contributed by atoms with Gasteiger partial charge in [-0.1, -0.05) is 43.2 Å². The molecule has 0 heterocycles. The van der Waals surface area contributed by atoms with Gasteiger partial charge in [0.1, 0.15) is 30.2 Å². The molecule has 16 heteroatoms. The Balaban J connectivity index is 1.76. The molecule has 8 N–H and O–H groups in total. The minimum atomic E-state index is -1.34. The predicted molar refractivity (Wildman–Crippen MR) is 208 cm³/mol. The number of benzene rings is 2. The van der Waals surface area contributed by atoms with Crippen molar-refractivity contribution in [3.8, 4) is 0 Å². The molecule has 0 radical (unpaired) electrons. The van der Waals surface area contributed by atoms with Crippen molar-refractivity contribution in [2.75, 3.05) is 41.4 Å². The Hall–Kier alpha value is -5.35. The van der Waals surface area contributed by atoms with Crippen LogP contribution in [0.4, 0.5) is 0 Å². The van der Waals surface area contributed by atoms with Crippen molar-refractivity contribution in [2.24, 2.45) is 11.7 Å². The van der Waals surface area contributed by atoms with Crippen molar-refractivity contribution in [1.29, 1.82) is 0 Å². The Morgan fingerprint density at radius 1 is 0.750 bits per heavy atom. The molecule has 5 atom stereocenters. The Labute approximate surface area is 328 Å². The largest absolute Gasteiger partial charge is 0.465 e. The molecule has 6 amide bonds. The molecule has 0 aliphatic heterocycles. The third kappa shape index (κ3) is 14.4. The first-order valence-electron chi connectivity index (χ1n) is 19.0. The number of esters is 1.